The van der Waals surface area contributed by atoms with E-state index in [4.69, 9.17) is 21.1 Å². The van der Waals surface area contributed by atoms with Crippen LogP contribution >= 0.6 is 11.6 Å². The van der Waals surface area contributed by atoms with Gasteiger partial charge in [0.1, 0.15) is 5.60 Å². The highest BCUT2D eigenvalue weighted by Gasteiger charge is 2.59. The van der Waals surface area contributed by atoms with Crippen LogP contribution in [0.25, 0.3) is 0 Å². The molecule has 0 aromatic carbocycles. The lowest BCUT2D eigenvalue weighted by Gasteiger charge is -2.34. The summed E-state index contributed by atoms with van der Waals surface area (Å²) in [6.45, 7) is 6.85. The molecular weight excluding hydrogens is 282 g/mol. The Labute approximate surface area is 124 Å². The molecule has 0 bridgehead atoms. The van der Waals surface area contributed by atoms with Crippen LogP contribution in [-0.4, -0.2) is 41.7 Å². The molecule has 1 aliphatic carbocycles. The molecule has 114 valence electrons. The topological polar surface area (TPSA) is 55.8 Å². The smallest absolute Gasteiger partial charge is 0.410 e. The molecule has 1 atom stereocenters. The quantitative estimate of drug-likeness (QED) is 0.581. The molecular formula is C14H22ClNO4. The van der Waals surface area contributed by atoms with Crippen LogP contribution in [-0.2, 0) is 14.3 Å². The summed E-state index contributed by atoms with van der Waals surface area (Å²) in [6, 6.07) is -0.0879. The van der Waals surface area contributed by atoms with Crippen LogP contribution < -0.4 is 0 Å². The van der Waals surface area contributed by atoms with E-state index in [1.165, 1.54) is 0 Å². The van der Waals surface area contributed by atoms with E-state index in [0.29, 0.717) is 13.1 Å². The fourth-order valence-corrected chi connectivity index (χ4v) is 2.96. The third-order valence-corrected chi connectivity index (χ3v) is 4.19. The number of esters is 1. The molecule has 1 aliphatic heterocycles. The molecule has 2 aliphatic rings. The molecule has 2 fully saturated rings. The van der Waals surface area contributed by atoms with Crippen molar-refractivity contribution >= 4 is 23.7 Å². The fourth-order valence-electron chi connectivity index (χ4n) is 2.85. The van der Waals surface area contributed by atoms with Gasteiger partial charge in [0, 0.05) is 13.1 Å². The first-order valence-corrected chi connectivity index (χ1v) is 7.51. The predicted octanol–water partition coefficient (Wildman–Crippen LogP) is 2.76. The molecule has 1 saturated carbocycles. The zero-order valence-corrected chi connectivity index (χ0v) is 13.0. The van der Waals surface area contributed by atoms with Gasteiger partial charge < -0.3 is 14.4 Å². The van der Waals surface area contributed by atoms with Crippen molar-refractivity contribution in [2.24, 2.45) is 11.3 Å². The van der Waals surface area contributed by atoms with Gasteiger partial charge in [0.15, 0.2) is 6.07 Å². The third-order valence-electron chi connectivity index (χ3n) is 4.08. The van der Waals surface area contributed by atoms with E-state index in [9.17, 15) is 9.59 Å². The molecule has 1 spiro atoms. The third kappa shape index (κ3) is 3.37. The lowest BCUT2D eigenvalue weighted by Crippen LogP contribution is -2.42. The number of ether oxygens (including phenoxy) is 2. The van der Waals surface area contributed by atoms with Crippen LogP contribution in [0.5, 0.6) is 0 Å². The number of amides is 1. The summed E-state index contributed by atoms with van der Waals surface area (Å²) < 4.78 is 10.2. The summed E-state index contributed by atoms with van der Waals surface area (Å²) in [5.41, 5.74) is -0.444. The van der Waals surface area contributed by atoms with Gasteiger partial charge in [0.2, 0.25) is 0 Å². The first-order valence-electron chi connectivity index (χ1n) is 6.98. The number of halogens is 1. The summed E-state index contributed by atoms with van der Waals surface area (Å²) in [5, 5.41) is 0. The summed E-state index contributed by atoms with van der Waals surface area (Å²) in [4.78, 5) is 25.3. The average Bonchev–Trinajstić information content (AvgIpc) is 3.02. The zero-order valence-electron chi connectivity index (χ0n) is 12.3. The average molecular weight is 304 g/mol. The summed E-state index contributed by atoms with van der Waals surface area (Å²) in [5.74, 6) is -0.243. The molecule has 5 nitrogen and oxygen atoms in total. The Kier molecular flexibility index (Phi) is 4.19. The van der Waals surface area contributed by atoms with E-state index in [2.05, 4.69) is 0 Å². The van der Waals surface area contributed by atoms with Crippen molar-refractivity contribution in [3.63, 3.8) is 0 Å². The Morgan fingerprint density at radius 1 is 1.30 bits per heavy atom. The van der Waals surface area contributed by atoms with E-state index in [1.54, 1.807) is 4.90 Å². The second-order valence-corrected chi connectivity index (χ2v) is 6.88. The first-order chi connectivity index (χ1) is 9.27. The van der Waals surface area contributed by atoms with E-state index < -0.39 is 5.60 Å². The number of rotatable bonds is 2. The lowest BCUT2D eigenvalue weighted by molar-refractivity contribution is -0.144. The molecule has 0 N–H and O–H groups in total. The highest BCUT2D eigenvalue weighted by atomic mass is 35.5. The number of carbonyl (C=O) groups excluding carboxylic acids is 2. The minimum absolute atomic E-state index is 0.0294. The molecule has 1 heterocycles. The minimum Gasteiger partial charge on any atom is -0.449 e. The van der Waals surface area contributed by atoms with Crippen molar-refractivity contribution in [1.82, 2.24) is 4.90 Å². The molecule has 1 amide bonds. The van der Waals surface area contributed by atoms with Crippen LogP contribution in [0.4, 0.5) is 4.79 Å². The van der Waals surface area contributed by atoms with Crippen LogP contribution in [0, 0.1) is 11.3 Å². The zero-order chi connectivity index (χ0) is 15.0. The molecule has 6 heteroatoms. The highest BCUT2D eigenvalue weighted by Crippen LogP contribution is 2.59. The SMILES string of the molecule is CC(C)(C)OC(=O)N1CCC2(CC1)CC2C(=O)OCCl. The Balaban J connectivity index is 1.82. The Morgan fingerprint density at radius 2 is 1.90 bits per heavy atom. The Hall–Kier alpha value is -0.970. The van der Waals surface area contributed by atoms with Crippen LogP contribution in [0.3, 0.4) is 0 Å². The van der Waals surface area contributed by atoms with Crippen molar-refractivity contribution < 1.29 is 19.1 Å². The molecule has 0 aromatic heterocycles. The van der Waals surface area contributed by atoms with Crippen LogP contribution in [0.1, 0.15) is 40.0 Å². The van der Waals surface area contributed by atoms with Gasteiger partial charge in [-0.25, -0.2) is 4.79 Å². The summed E-state index contributed by atoms with van der Waals surface area (Å²) >= 11 is 5.41. The van der Waals surface area contributed by atoms with Gasteiger partial charge in [-0.3, -0.25) is 4.79 Å². The number of hydrogen-bond donors (Lipinski definition) is 0. The second-order valence-electron chi connectivity index (χ2n) is 6.66. The normalized spacial score (nSPS) is 24.4. The van der Waals surface area contributed by atoms with Crippen molar-refractivity contribution in [3.8, 4) is 0 Å². The number of likely N-dealkylation sites (tertiary alicyclic amines) is 1. The second kappa shape index (κ2) is 5.43. The maximum atomic E-state index is 12.0. The fraction of sp³-hybridized carbons (Fsp3) is 0.857. The number of nitrogens with zero attached hydrogens (tertiary/aromatic N) is 1. The monoisotopic (exact) mass is 303 g/mol. The Morgan fingerprint density at radius 3 is 2.40 bits per heavy atom. The first kappa shape index (κ1) is 15.4. The predicted molar refractivity (Wildman–Crippen MR) is 74.4 cm³/mol. The van der Waals surface area contributed by atoms with Gasteiger partial charge in [-0.15, -0.1) is 0 Å². The van der Waals surface area contributed by atoms with Crippen molar-refractivity contribution in [2.75, 3.05) is 19.2 Å². The lowest BCUT2D eigenvalue weighted by atomic mass is 9.91. The van der Waals surface area contributed by atoms with E-state index in [-0.39, 0.29) is 29.5 Å². The van der Waals surface area contributed by atoms with Gasteiger partial charge in [-0.1, -0.05) is 11.6 Å². The number of alkyl halides is 1. The summed E-state index contributed by atoms with van der Waals surface area (Å²) in [7, 11) is 0. The van der Waals surface area contributed by atoms with Gasteiger partial charge in [-0.05, 0) is 45.4 Å². The molecule has 1 unspecified atom stereocenters. The highest BCUT2D eigenvalue weighted by molar-refractivity contribution is 6.17. The van der Waals surface area contributed by atoms with Crippen molar-refractivity contribution in [2.45, 2.75) is 45.6 Å². The number of carbonyl (C=O) groups is 2. The van der Waals surface area contributed by atoms with Crippen molar-refractivity contribution in [1.29, 1.82) is 0 Å². The number of piperidine rings is 1. The maximum Gasteiger partial charge on any atom is 0.410 e. The molecule has 0 aromatic rings. The standard InChI is InChI=1S/C14H22ClNO4/c1-13(2,3)20-12(18)16-6-4-14(5-7-16)8-10(14)11(17)19-9-15/h10H,4-9H2,1-3H3. The van der Waals surface area contributed by atoms with Gasteiger partial charge in [-0.2, -0.15) is 0 Å². The number of hydrogen-bond acceptors (Lipinski definition) is 4. The molecule has 2 rings (SSSR count). The van der Waals surface area contributed by atoms with Crippen LogP contribution in [0.15, 0.2) is 0 Å². The van der Waals surface area contributed by atoms with Gasteiger partial charge in [0.25, 0.3) is 0 Å². The van der Waals surface area contributed by atoms with Crippen LogP contribution in [0.2, 0.25) is 0 Å². The molecule has 20 heavy (non-hydrogen) atoms. The van der Waals surface area contributed by atoms with E-state index in [1.807, 2.05) is 20.8 Å². The molecule has 0 radical (unpaired) electrons. The van der Waals surface area contributed by atoms with E-state index in [0.717, 1.165) is 19.3 Å². The van der Waals surface area contributed by atoms with Gasteiger partial charge in [0.05, 0.1) is 5.92 Å². The van der Waals surface area contributed by atoms with Crippen molar-refractivity contribution in [3.05, 3.63) is 0 Å². The molecule has 1 saturated heterocycles. The minimum atomic E-state index is -0.474. The maximum absolute atomic E-state index is 12.0. The summed E-state index contributed by atoms with van der Waals surface area (Å²) in [6.07, 6.45) is 2.24. The van der Waals surface area contributed by atoms with E-state index >= 15 is 0 Å². The largest absolute Gasteiger partial charge is 0.449 e. The van der Waals surface area contributed by atoms with Gasteiger partial charge >= 0.3 is 12.1 Å². The Bertz CT molecular complexity index is 396.